The SMILES string of the molecule is Cc1cc(C)cc(NC(=O)c2ccc(C(=O)O)cc2)c1. The summed E-state index contributed by atoms with van der Waals surface area (Å²) < 4.78 is 0. The first-order valence-electron chi connectivity index (χ1n) is 6.19. The van der Waals surface area contributed by atoms with Crippen molar-refractivity contribution in [3.05, 3.63) is 64.7 Å². The fourth-order valence-corrected chi connectivity index (χ4v) is 2.01. The highest BCUT2D eigenvalue weighted by Crippen LogP contribution is 2.15. The molecular formula is C16H15NO3. The van der Waals surface area contributed by atoms with Gasteiger partial charge in [0.15, 0.2) is 0 Å². The second kappa shape index (κ2) is 5.57. The highest BCUT2D eigenvalue weighted by Gasteiger charge is 2.08. The molecule has 0 saturated carbocycles. The number of carboxylic acid groups (broad SMARTS) is 1. The number of carbonyl (C=O) groups excluding carboxylic acids is 1. The Hall–Kier alpha value is -2.62. The van der Waals surface area contributed by atoms with Crippen LogP contribution in [0.1, 0.15) is 31.8 Å². The van der Waals surface area contributed by atoms with E-state index in [1.165, 1.54) is 24.3 Å². The van der Waals surface area contributed by atoms with Crippen LogP contribution in [0.4, 0.5) is 5.69 Å². The average Bonchev–Trinajstić information content (AvgIpc) is 2.37. The van der Waals surface area contributed by atoms with Gasteiger partial charge in [-0.25, -0.2) is 4.79 Å². The molecule has 0 saturated heterocycles. The zero-order chi connectivity index (χ0) is 14.7. The maximum Gasteiger partial charge on any atom is 0.335 e. The predicted molar refractivity (Wildman–Crippen MR) is 77.3 cm³/mol. The molecule has 0 heterocycles. The summed E-state index contributed by atoms with van der Waals surface area (Å²) in [4.78, 5) is 22.8. The Bertz CT molecular complexity index is 640. The zero-order valence-electron chi connectivity index (χ0n) is 11.3. The van der Waals surface area contributed by atoms with Crippen LogP contribution < -0.4 is 5.32 Å². The number of hydrogen-bond donors (Lipinski definition) is 2. The molecule has 2 rings (SSSR count). The third-order valence-electron chi connectivity index (χ3n) is 2.87. The fourth-order valence-electron chi connectivity index (χ4n) is 2.01. The van der Waals surface area contributed by atoms with Gasteiger partial charge < -0.3 is 10.4 Å². The third kappa shape index (κ3) is 3.23. The predicted octanol–water partition coefficient (Wildman–Crippen LogP) is 3.25. The Morgan fingerprint density at radius 2 is 1.40 bits per heavy atom. The molecule has 0 bridgehead atoms. The van der Waals surface area contributed by atoms with Crippen LogP contribution in [0.5, 0.6) is 0 Å². The van der Waals surface area contributed by atoms with Crippen molar-refractivity contribution in [3.8, 4) is 0 Å². The molecule has 0 aliphatic carbocycles. The maximum atomic E-state index is 12.1. The molecule has 1 amide bonds. The van der Waals surface area contributed by atoms with Gasteiger partial charge in [0.05, 0.1) is 5.56 Å². The summed E-state index contributed by atoms with van der Waals surface area (Å²) in [5.41, 5.74) is 3.46. The average molecular weight is 269 g/mol. The molecule has 2 N–H and O–H groups in total. The molecule has 0 radical (unpaired) electrons. The molecule has 0 spiro atoms. The van der Waals surface area contributed by atoms with Crippen LogP contribution in [0.25, 0.3) is 0 Å². The van der Waals surface area contributed by atoms with Crippen LogP contribution in [0, 0.1) is 13.8 Å². The number of anilines is 1. The molecule has 0 aliphatic rings. The van der Waals surface area contributed by atoms with Gasteiger partial charge in [-0.3, -0.25) is 4.79 Å². The van der Waals surface area contributed by atoms with E-state index in [2.05, 4.69) is 5.32 Å². The largest absolute Gasteiger partial charge is 0.478 e. The van der Waals surface area contributed by atoms with E-state index >= 15 is 0 Å². The van der Waals surface area contributed by atoms with E-state index in [-0.39, 0.29) is 11.5 Å². The van der Waals surface area contributed by atoms with Crippen LogP contribution in [-0.2, 0) is 0 Å². The molecule has 102 valence electrons. The Morgan fingerprint density at radius 3 is 1.90 bits per heavy atom. The van der Waals surface area contributed by atoms with E-state index in [1.807, 2.05) is 32.0 Å². The summed E-state index contributed by atoms with van der Waals surface area (Å²) in [6, 6.07) is 11.6. The highest BCUT2D eigenvalue weighted by molar-refractivity contribution is 6.04. The van der Waals surface area contributed by atoms with Gasteiger partial charge in [0.2, 0.25) is 0 Å². The van der Waals surface area contributed by atoms with Crippen molar-refractivity contribution < 1.29 is 14.7 Å². The van der Waals surface area contributed by atoms with Gasteiger partial charge >= 0.3 is 5.97 Å². The van der Waals surface area contributed by atoms with Crippen molar-refractivity contribution in [2.24, 2.45) is 0 Å². The Labute approximate surface area is 117 Å². The van der Waals surface area contributed by atoms with Crippen LogP contribution in [0.3, 0.4) is 0 Å². The third-order valence-corrected chi connectivity index (χ3v) is 2.87. The molecule has 0 fully saturated rings. The lowest BCUT2D eigenvalue weighted by atomic mass is 10.1. The van der Waals surface area contributed by atoms with Gasteiger partial charge in [0.25, 0.3) is 5.91 Å². The first-order valence-corrected chi connectivity index (χ1v) is 6.19. The number of hydrogen-bond acceptors (Lipinski definition) is 2. The number of benzene rings is 2. The number of aromatic carboxylic acids is 1. The smallest absolute Gasteiger partial charge is 0.335 e. The molecule has 2 aromatic rings. The van der Waals surface area contributed by atoms with Crippen molar-refractivity contribution >= 4 is 17.6 Å². The zero-order valence-corrected chi connectivity index (χ0v) is 11.3. The minimum Gasteiger partial charge on any atom is -0.478 e. The van der Waals surface area contributed by atoms with Gasteiger partial charge in [0, 0.05) is 11.3 Å². The van der Waals surface area contributed by atoms with Gasteiger partial charge in [-0.05, 0) is 61.4 Å². The van der Waals surface area contributed by atoms with E-state index in [4.69, 9.17) is 5.11 Å². The van der Waals surface area contributed by atoms with Gasteiger partial charge in [0.1, 0.15) is 0 Å². The first kappa shape index (κ1) is 13.8. The molecule has 0 unspecified atom stereocenters. The molecule has 20 heavy (non-hydrogen) atoms. The fraction of sp³-hybridized carbons (Fsp3) is 0.125. The van der Waals surface area contributed by atoms with Crippen LogP contribution in [0.2, 0.25) is 0 Å². The second-order valence-electron chi connectivity index (χ2n) is 4.71. The Kier molecular flexibility index (Phi) is 3.84. The van der Waals surface area contributed by atoms with Gasteiger partial charge in [-0.2, -0.15) is 0 Å². The molecule has 4 nitrogen and oxygen atoms in total. The van der Waals surface area contributed by atoms with Crippen LogP contribution in [-0.4, -0.2) is 17.0 Å². The van der Waals surface area contributed by atoms with Crippen molar-refractivity contribution in [3.63, 3.8) is 0 Å². The molecule has 0 atom stereocenters. The number of nitrogens with one attached hydrogen (secondary N) is 1. The number of amides is 1. The lowest BCUT2D eigenvalue weighted by Gasteiger charge is -2.07. The summed E-state index contributed by atoms with van der Waals surface area (Å²) in [5.74, 6) is -1.27. The van der Waals surface area contributed by atoms with E-state index in [1.54, 1.807) is 0 Å². The number of carboxylic acids is 1. The van der Waals surface area contributed by atoms with Gasteiger partial charge in [-0.15, -0.1) is 0 Å². The Balaban J connectivity index is 2.17. The lowest BCUT2D eigenvalue weighted by molar-refractivity contribution is 0.0696. The monoisotopic (exact) mass is 269 g/mol. The number of aryl methyl sites for hydroxylation is 2. The Morgan fingerprint density at radius 1 is 0.900 bits per heavy atom. The minimum atomic E-state index is -1.01. The lowest BCUT2D eigenvalue weighted by Crippen LogP contribution is -2.12. The number of rotatable bonds is 3. The summed E-state index contributed by atoms with van der Waals surface area (Å²) in [7, 11) is 0. The van der Waals surface area contributed by atoms with Crippen molar-refractivity contribution in [2.45, 2.75) is 13.8 Å². The summed E-state index contributed by atoms with van der Waals surface area (Å²) >= 11 is 0. The number of carbonyl (C=O) groups is 2. The summed E-state index contributed by atoms with van der Waals surface area (Å²) in [5, 5.41) is 11.6. The first-order chi connectivity index (χ1) is 9.45. The normalized spacial score (nSPS) is 10.1. The van der Waals surface area contributed by atoms with E-state index < -0.39 is 5.97 Å². The van der Waals surface area contributed by atoms with E-state index in [0.29, 0.717) is 5.56 Å². The van der Waals surface area contributed by atoms with Crippen LogP contribution >= 0.6 is 0 Å². The molecule has 0 aromatic heterocycles. The minimum absolute atomic E-state index is 0.160. The molecule has 0 aliphatic heterocycles. The van der Waals surface area contributed by atoms with Crippen molar-refractivity contribution in [1.82, 2.24) is 0 Å². The summed E-state index contributed by atoms with van der Waals surface area (Å²) in [6.45, 7) is 3.93. The summed E-state index contributed by atoms with van der Waals surface area (Å²) in [6.07, 6.45) is 0. The van der Waals surface area contributed by atoms with Crippen molar-refractivity contribution in [1.29, 1.82) is 0 Å². The van der Waals surface area contributed by atoms with Crippen molar-refractivity contribution in [2.75, 3.05) is 5.32 Å². The molecule has 4 heteroatoms. The maximum absolute atomic E-state index is 12.1. The molecule has 2 aromatic carbocycles. The molecular weight excluding hydrogens is 254 g/mol. The quantitative estimate of drug-likeness (QED) is 0.898. The standard InChI is InChI=1S/C16H15NO3/c1-10-7-11(2)9-14(8-10)17-15(18)12-3-5-13(6-4-12)16(19)20/h3-9H,1-2H3,(H,17,18)(H,19,20). The van der Waals surface area contributed by atoms with Crippen LogP contribution in [0.15, 0.2) is 42.5 Å². The highest BCUT2D eigenvalue weighted by atomic mass is 16.4. The van der Waals surface area contributed by atoms with E-state index in [0.717, 1.165) is 16.8 Å². The second-order valence-corrected chi connectivity index (χ2v) is 4.71. The topological polar surface area (TPSA) is 66.4 Å². The van der Waals surface area contributed by atoms with Gasteiger partial charge in [-0.1, -0.05) is 6.07 Å². The van der Waals surface area contributed by atoms with E-state index in [9.17, 15) is 9.59 Å².